The van der Waals surface area contributed by atoms with Crippen LogP contribution in [0.4, 0.5) is 17.6 Å². The average Bonchev–Trinajstić information content (AvgIpc) is 2.29. The highest BCUT2D eigenvalue weighted by atomic mass is 19.4. The smallest absolute Gasteiger partial charge is 0.206 e. The van der Waals surface area contributed by atoms with Crippen molar-refractivity contribution in [3.05, 3.63) is 59.9 Å². The highest BCUT2D eigenvalue weighted by Crippen LogP contribution is 2.32. The van der Waals surface area contributed by atoms with Crippen molar-refractivity contribution in [2.24, 2.45) is 0 Å². The topological polar surface area (TPSA) is 0 Å². The predicted molar refractivity (Wildman–Crippen MR) is 55.7 cm³/mol. The molecule has 0 fully saturated rings. The van der Waals surface area contributed by atoms with Crippen molar-refractivity contribution in [3.63, 3.8) is 0 Å². The molecule has 1 radical (unpaired) electrons. The lowest BCUT2D eigenvalue weighted by Crippen LogP contribution is -2.04. The van der Waals surface area contributed by atoms with Gasteiger partial charge < -0.3 is 0 Å². The molecule has 87 valence electrons. The van der Waals surface area contributed by atoms with Gasteiger partial charge in [-0.05, 0) is 29.8 Å². The van der Waals surface area contributed by atoms with Crippen LogP contribution in [-0.2, 0) is 6.18 Å². The van der Waals surface area contributed by atoms with Gasteiger partial charge in [-0.2, -0.15) is 13.2 Å². The first kappa shape index (κ1) is 11.6. The van der Waals surface area contributed by atoms with E-state index in [1.54, 1.807) is 0 Å². The molecule has 0 saturated heterocycles. The Hall–Kier alpha value is -1.84. The van der Waals surface area contributed by atoms with Gasteiger partial charge in [-0.3, -0.25) is 0 Å². The molecule has 0 unspecified atom stereocenters. The van der Waals surface area contributed by atoms with Crippen LogP contribution in [0.3, 0.4) is 0 Å². The molecule has 0 amide bonds. The van der Waals surface area contributed by atoms with Crippen LogP contribution in [-0.4, -0.2) is 0 Å². The molecule has 17 heavy (non-hydrogen) atoms. The minimum atomic E-state index is -4.43. The molecule has 0 N–H and O–H groups in total. The summed E-state index contributed by atoms with van der Waals surface area (Å²) in [6.07, 6.45) is -4.43. The van der Waals surface area contributed by atoms with Crippen LogP contribution in [0.2, 0.25) is 0 Å². The first-order chi connectivity index (χ1) is 7.98. The summed E-state index contributed by atoms with van der Waals surface area (Å²) < 4.78 is 50.8. The van der Waals surface area contributed by atoms with Gasteiger partial charge in [0.25, 0.3) is 0 Å². The summed E-state index contributed by atoms with van der Waals surface area (Å²) in [5.41, 5.74) is -0.594. The Labute approximate surface area is 95.5 Å². The van der Waals surface area contributed by atoms with E-state index in [2.05, 4.69) is 6.07 Å². The molecule has 0 aliphatic heterocycles. The number of rotatable bonds is 1. The van der Waals surface area contributed by atoms with Gasteiger partial charge in [-0.25, -0.2) is 4.39 Å². The standard InChI is InChI=1S/C13H7F4/c14-12-7-2-1-6-11(12)9-4-3-5-10(8-9)13(15,16)17/h1-5,7-8H. The Bertz CT molecular complexity index is 529. The second kappa shape index (κ2) is 4.20. The zero-order valence-electron chi connectivity index (χ0n) is 8.55. The van der Waals surface area contributed by atoms with Gasteiger partial charge in [-0.1, -0.05) is 24.3 Å². The lowest BCUT2D eigenvalue weighted by molar-refractivity contribution is -0.137. The van der Waals surface area contributed by atoms with Crippen LogP contribution in [0.5, 0.6) is 0 Å². The molecule has 0 spiro atoms. The summed E-state index contributed by atoms with van der Waals surface area (Å²) in [5.74, 6) is -0.591. The predicted octanol–water partition coefficient (Wildman–Crippen LogP) is 4.31. The van der Waals surface area contributed by atoms with E-state index in [-0.39, 0.29) is 11.1 Å². The molecule has 0 aromatic heterocycles. The minimum absolute atomic E-state index is 0.0404. The van der Waals surface area contributed by atoms with Crippen LogP contribution in [0.15, 0.2) is 42.5 Å². The molecular weight excluding hydrogens is 232 g/mol. The Morgan fingerprint density at radius 3 is 2.41 bits per heavy atom. The van der Waals surface area contributed by atoms with Crippen molar-refractivity contribution < 1.29 is 17.6 Å². The van der Waals surface area contributed by atoms with Gasteiger partial charge in [0.15, 0.2) is 0 Å². The van der Waals surface area contributed by atoms with Gasteiger partial charge in [0.1, 0.15) is 5.82 Å². The maximum Gasteiger partial charge on any atom is 0.416 e. The van der Waals surface area contributed by atoms with Gasteiger partial charge in [0.05, 0.1) is 5.56 Å². The first-order valence-electron chi connectivity index (χ1n) is 4.82. The van der Waals surface area contributed by atoms with Gasteiger partial charge in [-0.15, -0.1) is 0 Å². The second-order valence-corrected chi connectivity index (χ2v) is 3.47. The zero-order valence-corrected chi connectivity index (χ0v) is 8.55. The third-order valence-electron chi connectivity index (χ3n) is 2.28. The fourth-order valence-electron chi connectivity index (χ4n) is 1.49. The van der Waals surface area contributed by atoms with Crippen molar-refractivity contribution in [2.45, 2.75) is 6.18 Å². The van der Waals surface area contributed by atoms with Crippen molar-refractivity contribution in [1.29, 1.82) is 0 Å². The Morgan fingerprint density at radius 2 is 1.76 bits per heavy atom. The molecule has 0 bridgehead atoms. The van der Waals surface area contributed by atoms with E-state index in [0.717, 1.165) is 12.1 Å². The quantitative estimate of drug-likeness (QED) is 0.650. The van der Waals surface area contributed by atoms with Gasteiger partial charge in [0.2, 0.25) is 0 Å². The van der Waals surface area contributed by atoms with E-state index in [1.165, 1.54) is 30.3 Å². The maximum atomic E-state index is 13.4. The lowest BCUT2D eigenvalue weighted by atomic mass is 10.0. The lowest BCUT2D eigenvalue weighted by Gasteiger charge is -2.09. The molecule has 4 heteroatoms. The number of hydrogen-bond donors (Lipinski definition) is 0. The number of halogens is 4. The van der Waals surface area contributed by atoms with Crippen LogP contribution >= 0.6 is 0 Å². The normalized spacial score (nSPS) is 11.5. The monoisotopic (exact) mass is 239 g/mol. The number of hydrogen-bond acceptors (Lipinski definition) is 0. The molecular formula is C13H7F4. The molecule has 0 aliphatic rings. The Kier molecular flexibility index (Phi) is 2.88. The van der Waals surface area contributed by atoms with Crippen molar-refractivity contribution in [1.82, 2.24) is 0 Å². The highest BCUT2D eigenvalue weighted by molar-refractivity contribution is 5.64. The van der Waals surface area contributed by atoms with Crippen molar-refractivity contribution in [2.75, 3.05) is 0 Å². The average molecular weight is 239 g/mol. The molecule has 0 atom stereocenters. The minimum Gasteiger partial charge on any atom is -0.206 e. The Balaban J connectivity index is 2.51. The van der Waals surface area contributed by atoms with Crippen LogP contribution in [0.25, 0.3) is 11.1 Å². The zero-order chi connectivity index (χ0) is 12.5. The molecule has 2 aromatic rings. The number of alkyl halides is 3. The van der Waals surface area contributed by atoms with E-state index >= 15 is 0 Å². The van der Waals surface area contributed by atoms with Crippen LogP contribution < -0.4 is 0 Å². The largest absolute Gasteiger partial charge is 0.416 e. The van der Waals surface area contributed by atoms with Gasteiger partial charge >= 0.3 is 6.18 Å². The van der Waals surface area contributed by atoms with Crippen LogP contribution in [0, 0.1) is 11.9 Å². The van der Waals surface area contributed by atoms with E-state index in [1.807, 2.05) is 0 Å². The first-order valence-corrected chi connectivity index (χ1v) is 4.82. The van der Waals surface area contributed by atoms with E-state index in [4.69, 9.17) is 0 Å². The van der Waals surface area contributed by atoms with E-state index in [9.17, 15) is 17.6 Å². The maximum absolute atomic E-state index is 13.4. The number of benzene rings is 2. The molecule has 2 aromatic carbocycles. The van der Waals surface area contributed by atoms with Gasteiger partial charge in [0, 0.05) is 5.56 Å². The third kappa shape index (κ3) is 2.46. The fourth-order valence-corrected chi connectivity index (χ4v) is 1.49. The third-order valence-corrected chi connectivity index (χ3v) is 2.28. The second-order valence-electron chi connectivity index (χ2n) is 3.47. The molecule has 0 aliphatic carbocycles. The SMILES string of the molecule is Fc1ccc[c]c1-c1cccc(C(F)(F)F)c1. The molecule has 0 heterocycles. The van der Waals surface area contributed by atoms with E-state index in [0.29, 0.717) is 0 Å². The fraction of sp³-hybridized carbons (Fsp3) is 0.0769. The Morgan fingerprint density at radius 1 is 1.00 bits per heavy atom. The summed E-state index contributed by atoms with van der Waals surface area (Å²) in [6, 6.07) is 11.2. The highest BCUT2D eigenvalue weighted by Gasteiger charge is 2.30. The van der Waals surface area contributed by atoms with E-state index < -0.39 is 17.6 Å². The summed E-state index contributed by atoms with van der Waals surface area (Å²) in [7, 11) is 0. The summed E-state index contributed by atoms with van der Waals surface area (Å²) in [5, 5.41) is 0. The van der Waals surface area contributed by atoms with Crippen molar-refractivity contribution in [3.8, 4) is 11.1 Å². The summed E-state index contributed by atoms with van der Waals surface area (Å²) in [6.45, 7) is 0. The summed E-state index contributed by atoms with van der Waals surface area (Å²) in [4.78, 5) is 0. The molecule has 2 rings (SSSR count). The molecule has 0 nitrogen and oxygen atoms in total. The van der Waals surface area contributed by atoms with Crippen LogP contribution in [0.1, 0.15) is 5.56 Å². The summed E-state index contributed by atoms with van der Waals surface area (Å²) >= 11 is 0. The molecule has 0 saturated carbocycles. The van der Waals surface area contributed by atoms with Crippen molar-refractivity contribution >= 4 is 0 Å².